The van der Waals surface area contributed by atoms with Gasteiger partial charge in [0.05, 0.1) is 16.5 Å². The van der Waals surface area contributed by atoms with Gasteiger partial charge in [0.2, 0.25) is 10.0 Å². The fourth-order valence-corrected chi connectivity index (χ4v) is 5.17. The number of nitrogens with zero attached hydrogens (tertiary/aromatic N) is 1. The number of anilines is 1. The lowest BCUT2D eigenvalue weighted by Gasteiger charge is -2.07. The molecule has 0 amide bonds. The molecule has 23 heavy (non-hydrogen) atoms. The SMILES string of the molecule is CCCS(=O)(=O)Nc1ccc(Cc2nc3c(s2)CCCC3)cc1. The summed E-state index contributed by atoms with van der Waals surface area (Å²) < 4.78 is 26.1. The van der Waals surface area contributed by atoms with Gasteiger partial charge < -0.3 is 0 Å². The monoisotopic (exact) mass is 350 g/mol. The van der Waals surface area contributed by atoms with Crippen molar-refractivity contribution in [3.63, 3.8) is 0 Å². The third-order valence-corrected chi connectivity index (χ3v) is 6.60. The van der Waals surface area contributed by atoms with E-state index in [1.165, 1.54) is 29.8 Å². The Morgan fingerprint density at radius 1 is 1.17 bits per heavy atom. The lowest BCUT2D eigenvalue weighted by Crippen LogP contribution is -2.15. The molecule has 0 saturated heterocycles. The molecular formula is C17H22N2O2S2. The second kappa shape index (κ2) is 7.01. The van der Waals surface area contributed by atoms with E-state index >= 15 is 0 Å². The first-order chi connectivity index (χ1) is 11.1. The maximum absolute atomic E-state index is 11.8. The highest BCUT2D eigenvalue weighted by Crippen LogP contribution is 2.28. The highest BCUT2D eigenvalue weighted by Gasteiger charge is 2.15. The van der Waals surface area contributed by atoms with Crippen molar-refractivity contribution >= 4 is 27.0 Å². The molecule has 1 aliphatic rings. The summed E-state index contributed by atoms with van der Waals surface area (Å²) in [7, 11) is -3.22. The summed E-state index contributed by atoms with van der Waals surface area (Å²) in [4.78, 5) is 6.21. The molecule has 0 radical (unpaired) electrons. The molecule has 1 aromatic carbocycles. The van der Waals surface area contributed by atoms with Gasteiger partial charge in [-0.05, 0) is 49.8 Å². The van der Waals surface area contributed by atoms with E-state index in [2.05, 4.69) is 4.72 Å². The molecule has 4 nitrogen and oxygen atoms in total. The van der Waals surface area contributed by atoms with Gasteiger partial charge >= 0.3 is 0 Å². The van der Waals surface area contributed by atoms with Crippen molar-refractivity contribution in [2.45, 2.75) is 45.4 Å². The Labute approximate surface area is 142 Å². The summed E-state index contributed by atoms with van der Waals surface area (Å²) >= 11 is 1.83. The zero-order chi connectivity index (χ0) is 16.3. The molecule has 6 heteroatoms. The van der Waals surface area contributed by atoms with Crippen LogP contribution in [-0.2, 0) is 29.3 Å². The van der Waals surface area contributed by atoms with Gasteiger partial charge in [-0.15, -0.1) is 11.3 Å². The Hall–Kier alpha value is -1.40. The van der Waals surface area contributed by atoms with Gasteiger partial charge in [0.25, 0.3) is 0 Å². The van der Waals surface area contributed by atoms with Crippen molar-refractivity contribution in [2.75, 3.05) is 10.5 Å². The lowest BCUT2D eigenvalue weighted by atomic mass is 10.0. The molecule has 124 valence electrons. The number of fused-ring (bicyclic) bond motifs is 1. The number of nitrogens with one attached hydrogen (secondary N) is 1. The maximum atomic E-state index is 11.8. The zero-order valence-corrected chi connectivity index (χ0v) is 15.0. The van der Waals surface area contributed by atoms with E-state index in [9.17, 15) is 8.42 Å². The molecule has 0 unspecified atom stereocenters. The van der Waals surface area contributed by atoms with Crippen LogP contribution < -0.4 is 4.72 Å². The van der Waals surface area contributed by atoms with Crippen LogP contribution in [0.25, 0.3) is 0 Å². The van der Waals surface area contributed by atoms with Crippen LogP contribution in [0.15, 0.2) is 24.3 Å². The fraction of sp³-hybridized carbons (Fsp3) is 0.471. The Balaban J connectivity index is 1.66. The molecule has 1 N–H and O–H groups in total. The first-order valence-corrected chi connectivity index (χ1v) is 10.6. The minimum Gasteiger partial charge on any atom is -0.284 e. The molecule has 1 aliphatic carbocycles. The van der Waals surface area contributed by atoms with Gasteiger partial charge in [-0.2, -0.15) is 0 Å². The molecule has 3 rings (SSSR count). The van der Waals surface area contributed by atoms with E-state index in [0.29, 0.717) is 12.1 Å². The maximum Gasteiger partial charge on any atom is 0.232 e. The molecule has 0 spiro atoms. The van der Waals surface area contributed by atoms with Crippen LogP contribution in [0.4, 0.5) is 5.69 Å². The molecule has 1 aromatic heterocycles. The van der Waals surface area contributed by atoms with Gasteiger partial charge in [0.1, 0.15) is 0 Å². The molecule has 1 heterocycles. The predicted octanol–water partition coefficient (Wildman–Crippen LogP) is 3.76. The van der Waals surface area contributed by atoms with E-state index in [0.717, 1.165) is 23.4 Å². The molecule has 0 aliphatic heterocycles. The lowest BCUT2D eigenvalue weighted by molar-refractivity contribution is 0.600. The average molecular weight is 351 g/mol. The number of benzene rings is 1. The smallest absolute Gasteiger partial charge is 0.232 e. The second-order valence-corrected chi connectivity index (χ2v) is 8.99. The van der Waals surface area contributed by atoms with Gasteiger partial charge in [0.15, 0.2) is 0 Å². The van der Waals surface area contributed by atoms with Crippen molar-refractivity contribution in [3.8, 4) is 0 Å². The summed E-state index contributed by atoms with van der Waals surface area (Å²) in [6.45, 7) is 1.86. The fourth-order valence-electron chi connectivity index (χ4n) is 2.85. The quantitative estimate of drug-likeness (QED) is 0.863. The first kappa shape index (κ1) is 16.5. The summed E-state index contributed by atoms with van der Waals surface area (Å²) in [5.41, 5.74) is 3.08. The number of aryl methyl sites for hydroxylation is 2. The van der Waals surface area contributed by atoms with Gasteiger partial charge in [-0.25, -0.2) is 13.4 Å². The van der Waals surface area contributed by atoms with E-state index < -0.39 is 10.0 Å². The topological polar surface area (TPSA) is 59.1 Å². The van der Waals surface area contributed by atoms with Crippen molar-refractivity contribution in [1.82, 2.24) is 4.98 Å². The van der Waals surface area contributed by atoms with Crippen LogP contribution in [0, 0.1) is 0 Å². The molecule has 0 fully saturated rings. The van der Waals surface area contributed by atoms with E-state index in [1.807, 2.05) is 42.5 Å². The van der Waals surface area contributed by atoms with Gasteiger partial charge in [-0.3, -0.25) is 4.72 Å². The third-order valence-electron chi connectivity index (χ3n) is 3.95. The average Bonchev–Trinajstić information content (AvgIpc) is 2.91. The Morgan fingerprint density at radius 2 is 1.91 bits per heavy atom. The predicted molar refractivity (Wildman–Crippen MR) is 95.7 cm³/mol. The molecule has 0 atom stereocenters. The van der Waals surface area contributed by atoms with E-state index in [1.54, 1.807) is 0 Å². The highest BCUT2D eigenvalue weighted by molar-refractivity contribution is 7.92. The molecule has 2 aromatic rings. The minimum absolute atomic E-state index is 0.152. The Bertz CT molecular complexity index is 741. The number of hydrogen-bond donors (Lipinski definition) is 1. The Kier molecular flexibility index (Phi) is 5.02. The van der Waals surface area contributed by atoms with E-state index in [4.69, 9.17) is 4.98 Å². The number of sulfonamides is 1. The van der Waals surface area contributed by atoms with Crippen molar-refractivity contribution in [3.05, 3.63) is 45.4 Å². The van der Waals surface area contributed by atoms with E-state index in [-0.39, 0.29) is 5.75 Å². The second-order valence-electron chi connectivity index (χ2n) is 5.98. The number of hydrogen-bond acceptors (Lipinski definition) is 4. The van der Waals surface area contributed by atoms with Crippen LogP contribution in [0.5, 0.6) is 0 Å². The first-order valence-electron chi connectivity index (χ1n) is 8.12. The summed E-state index contributed by atoms with van der Waals surface area (Å²) in [5, 5.41) is 1.16. The van der Waals surface area contributed by atoms with Crippen LogP contribution in [0.1, 0.15) is 47.3 Å². The number of rotatable bonds is 6. The summed E-state index contributed by atoms with van der Waals surface area (Å²) in [5.74, 6) is 0.152. The minimum atomic E-state index is -3.22. The van der Waals surface area contributed by atoms with Crippen LogP contribution in [-0.4, -0.2) is 19.2 Å². The van der Waals surface area contributed by atoms with Gasteiger partial charge in [0, 0.05) is 17.0 Å². The van der Waals surface area contributed by atoms with Crippen LogP contribution in [0.3, 0.4) is 0 Å². The number of thiazole rings is 1. The Morgan fingerprint density at radius 3 is 2.61 bits per heavy atom. The largest absolute Gasteiger partial charge is 0.284 e. The van der Waals surface area contributed by atoms with Crippen LogP contribution >= 0.6 is 11.3 Å². The summed E-state index contributed by atoms with van der Waals surface area (Å²) in [6.07, 6.45) is 6.25. The highest BCUT2D eigenvalue weighted by atomic mass is 32.2. The van der Waals surface area contributed by atoms with Crippen LogP contribution in [0.2, 0.25) is 0 Å². The van der Waals surface area contributed by atoms with Crippen molar-refractivity contribution in [2.24, 2.45) is 0 Å². The molecule has 0 saturated carbocycles. The van der Waals surface area contributed by atoms with Crippen molar-refractivity contribution in [1.29, 1.82) is 0 Å². The number of aromatic nitrogens is 1. The van der Waals surface area contributed by atoms with Crippen molar-refractivity contribution < 1.29 is 8.42 Å². The molecule has 0 bridgehead atoms. The van der Waals surface area contributed by atoms with Gasteiger partial charge in [-0.1, -0.05) is 19.1 Å². The summed E-state index contributed by atoms with van der Waals surface area (Å²) in [6, 6.07) is 7.61. The third kappa shape index (κ3) is 4.32. The zero-order valence-electron chi connectivity index (χ0n) is 13.3. The standard InChI is InChI=1S/C17H22N2O2S2/c1-2-11-23(20,21)19-14-9-7-13(8-10-14)12-17-18-15-5-3-4-6-16(15)22-17/h7-10,19H,2-6,11-12H2,1H3. The normalized spacial score (nSPS) is 14.5. The molecular weight excluding hydrogens is 328 g/mol.